The molecule has 0 unspecified atom stereocenters. The summed E-state index contributed by atoms with van der Waals surface area (Å²) >= 11 is 0. The molecule has 2 atom stereocenters. The van der Waals surface area contributed by atoms with Crippen LogP contribution in [-0.2, 0) is 14.6 Å². The van der Waals surface area contributed by atoms with Crippen LogP contribution in [0, 0.1) is 5.92 Å². The molecule has 1 aliphatic rings. The van der Waals surface area contributed by atoms with Crippen molar-refractivity contribution in [1.82, 2.24) is 0 Å². The molecule has 6 heteroatoms. The van der Waals surface area contributed by atoms with Gasteiger partial charge in [-0.15, -0.1) is 0 Å². The van der Waals surface area contributed by atoms with Crippen molar-refractivity contribution in [3.05, 3.63) is 71.8 Å². The molecule has 1 N–H and O–H groups in total. The van der Waals surface area contributed by atoms with Gasteiger partial charge in [0, 0.05) is 0 Å². The van der Waals surface area contributed by atoms with Gasteiger partial charge in [-0.2, -0.15) is 0 Å². The summed E-state index contributed by atoms with van der Waals surface area (Å²) in [7, 11) is -3.73. The van der Waals surface area contributed by atoms with Crippen molar-refractivity contribution in [2.75, 3.05) is 6.61 Å². The Morgan fingerprint density at radius 3 is 2.30 bits per heavy atom. The van der Waals surface area contributed by atoms with Crippen LogP contribution in [0.25, 0.3) is 0 Å². The first-order valence-corrected chi connectivity index (χ1v) is 8.59. The molecule has 0 aliphatic carbocycles. The lowest BCUT2D eigenvalue weighted by Crippen LogP contribution is -2.31. The fraction of sp³-hybridized carbons (Fsp3) is 0.176. The Hall–Kier alpha value is -2.31. The average molecular weight is 332 g/mol. The quantitative estimate of drug-likeness (QED) is 0.851. The average Bonchev–Trinajstić information content (AvgIpc) is 3.07. The van der Waals surface area contributed by atoms with Crippen LogP contribution in [0.1, 0.15) is 0 Å². The van der Waals surface area contributed by atoms with E-state index < -0.39 is 22.0 Å². The molecule has 2 aromatic rings. The molecular formula is C17H16O5S. The maximum absolute atomic E-state index is 12.7. The molecule has 2 aromatic carbocycles. The number of benzene rings is 2. The van der Waals surface area contributed by atoms with E-state index in [-0.39, 0.29) is 16.4 Å². The van der Waals surface area contributed by atoms with Crippen LogP contribution in [0.4, 0.5) is 0 Å². The minimum Gasteiger partial charge on any atom is -0.499 e. The van der Waals surface area contributed by atoms with E-state index in [0.717, 1.165) is 0 Å². The maximum atomic E-state index is 12.7. The normalized spacial score (nSPS) is 18.8. The van der Waals surface area contributed by atoms with Crippen LogP contribution in [0.3, 0.4) is 0 Å². The van der Waals surface area contributed by atoms with E-state index in [2.05, 4.69) is 0 Å². The van der Waals surface area contributed by atoms with E-state index in [9.17, 15) is 13.5 Å². The number of hydrogen-bond donors (Lipinski definition) is 1. The Morgan fingerprint density at radius 2 is 1.65 bits per heavy atom. The monoisotopic (exact) mass is 332 g/mol. The summed E-state index contributed by atoms with van der Waals surface area (Å²) in [6.07, 6.45) is -0.130. The van der Waals surface area contributed by atoms with Crippen molar-refractivity contribution in [3.63, 3.8) is 0 Å². The molecule has 1 aliphatic heterocycles. The van der Waals surface area contributed by atoms with Crippen LogP contribution in [-0.4, -0.2) is 26.4 Å². The molecule has 3 rings (SSSR count). The molecule has 0 fully saturated rings. The van der Waals surface area contributed by atoms with Gasteiger partial charge in [-0.1, -0.05) is 36.4 Å². The Labute approximate surface area is 134 Å². The van der Waals surface area contributed by atoms with Crippen LogP contribution < -0.4 is 4.74 Å². The van der Waals surface area contributed by atoms with E-state index in [1.54, 1.807) is 42.5 Å². The SMILES string of the molecule is O=S(=O)(C1=COC[C@@H]1[C@@H](O)Oc1ccccc1)c1ccccc1. The highest BCUT2D eigenvalue weighted by Crippen LogP contribution is 2.32. The van der Waals surface area contributed by atoms with E-state index in [1.165, 1.54) is 18.4 Å². The topological polar surface area (TPSA) is 72.8 Å². The van der Waals surface area contributed by atoms with E-state index >= 15 is 0 Å². The van der Waals surface area contributed by atoms with Crippen molar-refractivity contribution in [2.45, 2.75) is 11.2 Å². The standard InChI is InChI=1S/C17H16O5S/c18-17(22-13-7-3-1-4-8-13)15-11-21-12-16(15)23(19,20)14-9-5-2-6-10-14/h1-10,12,15,17-18H,11H2/t15-,17-/m0/s1. The summed E-state index contributed by atoms with van der Waals surface area (Å²) in [5.74, 6) is -0.316. The third-order valence-corrected chi connectivity index (χ3v) is 5.46. The van der Waals surface area contributed by atoms with E-state index in [0.29, 0.717) is 5.75 Å². The summed E-state index contributed by atoms with van der Waals surface area (Å²) in [5, 5.41) is 10.3. The van der Waals surface area contributed by atoms with Crippen LogP contribution >= 0.6 is 0 Å². The second-order valence-electron chi connectivity index (χ2n) is 5.10. The van der Waals surface area contributed by atoms with Gasteiger partial charge in [-0.3, -0.25) is 0 Å². The molecular weight excluding hydrogens is 316 g/mol. The second-order valence-corrected chi connectivity index (χ2v) is 7.05. The predicted octanol–water partition coefficient (Wildman–Crippen LogP) is 2.35. The van der Waals surface area contributed by atoms with Gasteiger partial charge in [0.25, 0.3) is 0 Å². The molecule has 0 saturated heterocycles. The molecule has 0 saturated carbocycles. The Bertz CT molecular complexity index is 784. The lowest BCUT2D eigenvalue weighted by molar-refractivity contribution is -0.0565. The number of aliphatic hydroxyl groups is 1. The number of aliphatic hydroxyl groups excluding tert-OH is 1. The lowest BCUT2D eigenvalue weighted by atomic mass is 10.1. The first kappa shape index (κ1) is 15.6. The first-order valence-electron chi connectivity index (χ1n) is 7.10. The maximum Gasteiger partial charge on any atom is 0.208 e. The highest BCUT2D eigenvalue weighted by molar-refractivity contribution is 7.95. The fourth-order valence-corrected chi connectivity index (χ4v) is 3.91. The zero-order valence-electron chi connectivity index (χ0n) is 12.2. The summed E-state index contributed by atoms with van der Waals surface area (Å²) < 4.78 is 36.0. The van der Waals surface area contributed by atoms with Gasteiger partial charge in [0.05, 0.1) is 22.0 Å². The fourth-order valence-electron chi connectivity index (χ4n) is 2.35. The van der Waals surface area contributed by atoms with Crippen molar-refractivity contribution in [3.8, 4) is 5.75 Å². The van der Waals surface area contributed by atoms with Crippen molar-refractivity contribution in [1.29, 1.82) is 0 Å². The first-order chi connectivity index (χ1) is 11.1. The second kappa shape index (κ2) is 6.44. The number of hydrogen-bond acceptors (Lipinski definition) is 5. The van der Waals surface area contributed by atoms with Gasteiger partial charge in [-0.05, 0) is 24.3 Å². The van der Waals surface area contributed by atoms with Gasteiger partial charge in [-0.25, -0.2) is 8.42 Å². The molecule has 0 amide bonds. The lowest BCUT2D eigenvalue weighted by Gasteiger charge is -2.20. The molecule has 0 spiro atoms. The number of ether oxygens (including phenoxy) is 2. The predicted molar refractivity (Wildman–Crippen MR) is 84.2 cm³/mol. The number of sulfone groups is 1. The smallest absolute Gasteiger partial charge is 0.208 e. The Kier molecular flexibility index (Phi) is 4.36. The summed E-state index contributed by atoms with van der Waals surface area (Å²) in [5.41, 5.74) is 0. The summed E-state index contributed by atoms with van der Waals surface area (Å²) in [4.78, 5) is 0.181. The van der Waals surface area contributed by atoms with Crippen molar-refractivity contribution in [2.24, 2.45) is 5.92 Å². The van der Waals surface area contributed by atoms with E-state index in [1.807, 2.05) is 6.07 Å². The van der Waals surface area contributed by atoms with Crippen molar-refractivity contribution >= 4 is 9.84 Å². The minimum absolute atomic E-state index is 0.0205. The highest BCUT2D eigenvalue weighted by atomic mass is 32.2. The summed E-state index contributed by atoms with van der Waals surface area (Å²) in [6, 6.07) is 16.8. The van der Waals surface area contributed by atoms with Crippen molar-refractivity contribution < 1.29 is 23.0 Å². The molecule has 120 valence electrons. The van der Waals surface area contributed by atoms with E-state index in [4.69, 9.17) is 9.47 Å². The Morgan fingerprint density at radius 1 is 1.04 bits per heavy atom. The summed E-state index contributed by atoms with van der Waals surface area (Å²) in [6.45, 7) is 0.0510. The Balaban J connectivity index is 1.83. The van der Waals surface area contributed by atoms with Gasteiger partial charge in [0.15, 0.2) is 0 Å². The third-order valence-electron chi connectivity index (χ3n) is 3.55. The zero-order valence-corrected chi connectivity index (χ0v) is 13.0. The van der Waals surface area contributed by atoms with Gasteiger partial charge >= 0.3 is 0 Å². The third kappa shape index (κ3) is 3.23. The number of para-hydroxylation sites is 1. The molecule has 0 aromatic heterocycles. The van der Waals surface area contributed by atoms with Gasteiger partial charge in [0.1, 0.15) is 12.4 Å². The minimum atomic E-state index is -3.73. The van der Waals surface area contributed by atoms with Crippen LogP contribution in [0.5, 0.6) is 5.75 Å². The molecule has 5 nitrogen and oxygen atoms in total. The van der Waals surface area contributed by atoms with Crippen LogP contribution in [0.2, 0.25) is 0 Å². The zero-order chi connectivity index (χ0) is 16.3. The number of rotatable bonds is 5. The molecule has 1 heterocycles. The van der Waals surface area contributed by atoms with Gasteiger partial charge < -0.3 is 14.6 Å². The molecule has 0 radical (unpaired) electrons. The largest absolute Gasteiger partial charge is 0.499 e. The molecule has 23 heavy (non-hydrogen) atoms. The van der Waals surface area contributed by atoms with Crippen LogP contribution in [0.15, 0.2) is 76.7 Å². The molecule has 0 bridgehead atoms. The van der Waals surface area contributed by atoms with Gasteiger partial charge in [0.2, 0.25) is 16.1 Å². The highest BCUT2D eigenvalue weighted by Gasteiger charge is 2.38.